The number of likely N-dealkylation sites (tertiary alicyclic amines) is 1. The first kappa shape index (κ1) is 19.6. The Bertz CT molecular complexity index is 383. The number of piperidine rings is 1. The number of guanidine groups is 1. The van der Waals surface area contributed by atoms with Crippen molar-refractivity contribution in [2.45, 2.75) is 59.5 Å². The SMILES string of the molecule is CCNC(=NCCCNC(=O)OC(C)(C)C)N1CCC(C)CC1. The zero-order valence-corrected chi connectivity index (χ0v) is 15.4. The van der Waals surface area contributed by atoms with E-state index in [1.165, 1.54) is 12.8 Å². The van der Waals surface area contributed by atoms with E-state index >= 15 is 0 Å². The van der Waals surface area contributed by atoms with Gasteiger partial charge in [0.25, 0.3) is 0 Å². The Labute approximate surface area is 141 Å². The van der Waals surface area contributed by atoms with Crippen molar-refractivity contribution in [3.8, 4) is 0 Å². The van der Waals surface area contributed by atoms with Gasteiger partial charge in [-0.3, -0.25) is 4.99 Å². The maximum atomic E-state index is 11.5. The van der Waals surface area contributed by atoms with Crippen LogP contribution in [0, 0.1) is 5.92 Å². The molecule has 0 radical (unpaired) electrons. The van der Waals surface area contributed by atoms with Gasteiger partial charge in [0.1, 0.15) is 5.60 Å². The summed E-state index contributed by atoms with van der Waals surface area (Å²) in [5.74, 6) is 1.81. The molecule has 1 saturated heterocycles. The number of nitrogens with one attached hydrogen (secondary N) is 2. The van der Waals surface area contributed by atoms with E-state index in [0.29, 0.717) is 13.1 Å². The highest BCUT2D eigenvalue weighted by Gasteiger charge is 2.18. The molecule has 134 valence electrons. The fourth-order valence-electron chi connectivity index (χ4n) is 2.41. The van der Waals surface area contributed by atoms with Crippen molar-refractivity contribution in [2.75, 3.05) is 32.7 Å². The van der Waals surface area contributed by atoms with Gasteiger partial charge in [-0.2, -0.15) is 0 Å². The number of aliphatic imine (C=N–C) groups is 1. The molecule has 0 spiro atoms. The van der Waals surface area contributed by atoms with Gasteiger partial charge < -0.3 is 20.3 Å². The molecule has 0 saturated carbocycles. The zero-order chi connectivity index (χ0) is 17.3. The molecule has 23 heavy (non-hydrogen) atoms. The minimum absolute atomic E-state index is 0.363. The van der Waals surface area contributed by atoms with Crippen molar-refractivity contribution >= 4 is 12.1 Å². The predicted molar refractivity (Wildman–Crippen MR) is 94.8 cm³/mol. The summed E-state index contributed by atoms with van der Waals surface area (Å²) in [6.45, 7) is 14.3. The quantitative estimate of drug-likeness (QED) is 0.463. The van der Waals surface area contributed by atoms with E-state index in [1.54, 1.807) is 0 Å². The Hall–Kier alpha value is -1.46. The lowest BCUT2D eigenvalue weighted by Gasteiger charge is -2.33. The van der Waals surface area contributed by atoms with Gasteiger partial charge in [-0.1, -0.05) is 6.92 Å². The van der Waals surface area contributed by atoms with Gasteiger partial charge in [-0.05, 0) is 52.9 Å². The van der Waals surface area contributed by atoms with E-state index in [2.05, 4.69) is 34.4 Å². The maximum Gasteiger partial charge on any atom is 0.407 e. The molecule has 1 rings (SSSR count). The Morgan fingerprint density at radius 3 is 2.48 bits per heavy atom. The molecule has 1 aliphatic rings. The number of carbonyl (C=O) groups is 1. The molecule has 6 heteroatoms. The smallest absolute Gasteiger partial charge is 0.407 e. The van der Waals surface area contributed by atoms with Crippen LogP contribution >= 0.6 is 0 Å². The molecule has 2 N–H and O–H groups in total. The minimum atomic E-state index is -0.453. The van der Waals surface area contributed by atoms with Gasteiger partial charge in [0.15, 0.2) is 5.96 Å². The fourth-order valence-corrected chi connectivity index (χ4v) is 2.41. The molecule has 0 unspecified atom stereocenters. The number of carbonyl (C=O) groups excluding carboxylic acids is 1. The lowest BCUT2D eigenvalue weighted by atomic mass is 10.00. The number of nitrogens with zero attached hydrogens (tertiary/aromatic N) is 2. The predicted octanol–water partition coefficient (Wildman–Crippen LogP) is 2.60. The van der Waals surface area contributed by atoms with E-state index in [1.807, 2.05) is 20.8 Å². The number of hydrogen-bond donors (Lipinski definition) is 2. The second kappa shape index (κ2) is 9.63. The van der Waals surface area contributed by atoms with Crippen molar-refractivity contribution in [1.29, 1.82) is 0 Å². The van der Waals surface area contributed by atoms with Crippen molar-refractivity contribution in [1.82, 2.24) is 15.5 Å². The van der Waals surface area contributed by atoms with Gasteiger partial charge in [0.2, 0.25) is 0 Å². The molecule has 6 nitrogen and oxygen atoms in total. The Balaban J connectivity index is 2.30. The molecule has 0 aromatic heterocycles. The molecular weight excluding hydrogens is 292 g/mol. The van der Waals surface area contributed by atoms with Gasteiger partial charge in [0, 0.05) is 32.7 Å². The van der Waals surface area contributed by atoms with Gasteiger partial charge in [-0.25, -0.2) is 4.79 Å². The molecule has 1 heterocycles. The third kappa shape index (κ3) is 8.67. The van der Waals surface area contributed by atoms with Crippen LogP contribution in [0.1, 0.15) is 53.9 Å². The topological polar surface area (TPSA) is 66.0 Å². The summed E-state index contributed by atoms with van der Waals surface area (Å²) in [6.07, 6.45) is 2.89. The number of ether oxygens (including phenoxy) is 1. The average molecular weight is 326 g/mol. The number of alkyl carbamates (subject to hydrolysis) is 1. The highest BCUT2D eigenvalue weighted by molar-refractivity contribution is 5.80. The fraction of sp³-hybridized carbons (Fsp3) is 0.882. The van der Waals surface area contributed by atoms with E-state index in [4.69, 9.17) is 4.74 Å². The third-order valence-corrected chi connectivity index (χ3v) is 3.68. The van der Waals surface area contributed by atoms with Crippen molar-refractivity contribution in [3.63, 3.8) is 0 Å². The molecule has 0 atom stereocenters. The monoisotopic (exact) mass is 326 g/mol. The third-order valence-electron chi connectivity index (χ3n) is 3.68. The first-order valence-corrected chi connectivity index (χ1v) is 8.82. The summed E-state index contributed by atoms with van der Waals surface area (Å²) in [5, 5.41) is 6.13. The molecular formula is C17H34N4O2. The van der Waals surface area contributed by atoms with Crippen molar-refractivity contribution in [2.24, 2.45) is 10.9 Å². The maximum absolute atomic E-state index is 11.5. The van der Waals surface area contributed by atoms with Crippen LogP contribution in [0.25, 0.3) is 0 Å². The van der Waals surface area contributed by atoms with Crippen LogP contribution in [-0.4, -0.2) is 55.3 Å². The molecule has 0 aliphatic carbocycles. The van der Waals surface area contributed by atoms with Crippen LogP contribution in [0.2, 0.25) is 0 Å². The average Bonchev–Trinajstić information content (AvgIpc) is 2.45. The van der Waals surface area contributed by atoms with Crippen LogP contribution in [0.3, 0.4) is 0 Å². The van der Waals surface area contributed by atoms with E-state index < -0.39 is 5.60 Å². The van der Waals surface area contributed by atoms with Crippen LogP contribution in [0.15, 0.2) is 4.99 Å². The number of hydrogen-bond acceptors (Lipinski definition) is 3. The normalized spacial score (nSPS) is 17.1. The Kier molecular flexibility index (Phi) is 8.20. The van der Waals surface area contributed by atoms with Crippen LogP contribution < -0.4 is 10.6 Å². The standard InChI is InChI=1S/C17H34N4O2/c1-6-18-15(21-12-8-14(2)9-13-21)19-10-7-11-20-16(22)23-17(3,4)5/h14H,6-13H2,1-5H3,(H,18,19)(H,20,22). The van der Waals surface area contributed by atoms with E-state index in [0.717, 1.165) is 37.9 Å². The van der Waals surface area contributed by atoms with Gasteiger partial charge in [0.05, 0.1) is 0 Å². The van der Waals surface area contributed by atoms with Crippen LogP contribution in [0.5, 0.6) is 0 Å². The lowest BCUT2D eigenvalue weighted by molar-refractivity contribution is 0.0527. The Morgan fingerprint density at radius 2 is 1.91 bits per heavy atom. The van der Waals surface area contributed by atoms with E-state index in [9.17, 15) is 4.79 Å². The lowest BCUT2D eigenvalue weighted by Crippen LogP contribution is -2.45. The van der Waals surface area contributed by atoms with Crippen LogP contribution in [-0.2, 0) is 4.74 Å². The van der Waals surface area contributed by atoms with Gasteiger partial charge >= 0.3 is 6.09 Å². The summed E-state index contributed by atoms with van der Waals surface area (Å²) in [4.78, 5) is 18.6. The highest BCUT2D eigenvalue weighted by atomic mass is 16.6. The summed E-state index contributed by atoms with van der Waals surface area (Å²) in [6, 6.07) is 0. The zero-order valence-electron chi connectivity index (χ0n) is 15.4. The molecule has 0 aromatic carbocycles. The summed E-state index contributed by atoms with van der Waals surface area (Å²) < 4.78 is 5.20. The first-order valence-electron chi connectivity index (χ1n) is 8.82. The van der Waals surface area contributed by atoms with Crippen molar-refractivity contribution in [3.05, 3.63) is 0 Å². The summed E-state index contributed by atoms with van der Waals surface area (Å²) in [7, 11) is 0. The molecule has 0 bridgehead atoms. The first-order chi connectivity index (χ1) is 10.8. The minimum Gasteiger partial charge on any atom is -0.444 e. The summed E-state index contributed by atoms with van der Waals surface area (Å²) >= 11 is 0. The second-order valence-electron chi connectivity index (χ2n) is 7.19. The van der Waals surface area contributed by atoms with Crippen LogP contribution in [0.4, 0.5) is 4.79 Å². The highest BCUT2D eigenvalue weighted by Crippen LogP contribution is 2.15. The van der Waals surface area contributed by atoms with Gasteiger partial charge in [-0.15, -0.1) is 0 Å². The second-order valence-corrected chi connectivity index (χ2v) is 7.19. The summed E-state index contributed by atoms with van der Waals surface area (Å²) in [5.41, 5.74) is -0.453. The van der Waals surface area contributed by atoms with Crippen molar-refractivity contribution < 1.29 is 9.53 Å². The molecule has 0 aromatic rings. The number of rotatable bonds is 5. The molecule has 1 amide bonds. The number of amides is 1. The van der Waals surface area contributed by atoms with E-state index in [-0.39, 0.29) is 6.09 Å². The largest absolute Gasteiger partial charge is 0.444 e. The Morgan fingerprint density at radius 1 is 1.26 bits per heavy atom. The molecule has 1 aliphatic heterocycles. The molecule has 1 fully saturated rings.